The maximum atomic E-state index is 11.8. The molecule has 2 N–H and O–H groups in total. The molecule has 7 heteroatoms. The first-order valence-corrected chi connectivity index (χ1v) is 5.47. The van der Waals surface area contributed by atoms with E-state index in [1.807, 2.05) is 0 Å². The highest BCUT2D eigenvalue weighted by Crippen LogP contribution is 2.20. The van der Waals surface area contributed by atoms with Crippen LogP contribution in [0.2, 0.25) is 0 Å². The topological polar surface area (TPSA) is 101 Å². The van der Waals surface area contributed by atoms with E-state index in [4.69, 9.17) is 9.52 Å². The second-order valence-electron chi connectivity index (χ2n) is 3.95. The number of phenols is 1. The number of aliphatic hydroxyl groups is 1. The molecule has 0 unspecified atom stereocenters. The van der Waals surface area contributed by atoms with Crippen molar-refractivity contribution in [3.8, 4) is 11.4 Å². The van der Waals surface area contributed by atoms with E-state index < -0.39 is 5.63 Å². The lowest BCUT2D eigenvalue weighted by molar-refractivity contribution is 0.276. The molecule has 0 aliphatic heterocycles. The Morgan fingerprint density at radius 2 is 2.16 bits per heavy atom. The first-order valence-electron chi connectivity index (χ1n) is 5.47. The standard InChI is InChI=1S/C12H9N3O4/c16-6-8-5-15(14-13-8)10-3-7-1-2-9(17)4-11(7)19-12(10)18/h1-5,16-17H,6H2. The van der Waals surface area contributed by atoms with E-state index in [2.05, 4.69) is 10.3 Å². The molecule has 2 heterocycles. The summed E-state index contributed by atoms with van der Waals surface area (Å²) in [5.41, 5.74) is 0.222. The predicted molar refractivity (Wildman–Crippen MR) is 65.0 cm³/mol. The molecule has 0 saturated carbocycles. The fourth-order valence-corrected chi connectivity index (χ4v) is 1.74. The molecule has 0 aliphatic rings. The number of phenolic OH excluding ortho intramolecular Hbond substituents is 1. The molecule has 0 bridgehead atoms. The number of nitrogens with zero attached hydrogens (tertiary/aromatic N) is 3. The average Bonchev–Trinajstić information content (AvgIpc) is 2.86. The van der Waals surface area contributed by atoms with Crippen molar-refractivity contribution in [2.24, 2.45) is 0 Å². The van der Waals surface area contributed by atoms with Gasteiger partial charge in [-0.1, -0.05) is 5.21 Å². The van der Waals surface area contributed by atoms with Gasteiger partial charge in [-0.3, -0.25) is 0 Å². The van der Waals surface area contributed by atoms with Crippen LogP contribution < -0.4 is 5.63 Å². The Kier molecular flexibility index (Phi) is 2.53. The molecular weight excluding hydrogens is 250 g/mol. The van der Waals surface area contributed by atoms with Gasteiger partial charge in [0.2, 0.25) is 0 Å². The summed E-state index contributed by atoms with van der Waals surface area (Å²) in [6.07, 6.45) is 1.44. The Hall–Kier alpha value is -2.67. The van der Waals surface area contributed by atoms with Gasteiger partial charge in [0.25, 0.3) is 0 Å². The number of rotatable bonds is 2. The highest BCUT2D eigenvalue weighted by Gasteiger charge is 2.10. The maximum absolute atomic E-state index is 11.8. The molecule has 1 aromatic carbocycles. The molecule has 0 fully saturated rings. The third kappa shape index (κ3) is 1.95. The van der Waals surface area contributed by atoms with E-state index in [0.29, 0.717) is 11.1 Å². The third-order valence-corrected chi connectivity index (χ3v) is 2.65. The number of hydrogen-bond acceptors (Lipinski definition) is 6. The van der Waals surface area contributed by atoms with Crippen LogP contribution in [0.25, 0.3) is 16.7 Å². The minimum Gasteiger partial charge on any atom is -0.508 e. The lowest BCUT2D eigenvalue weighted by Gasteiger charge is -2.01. The van der Waals surface area contributed by atoms with Gasteiger partial charge in [0, 0.05) is 11.5 Å². The molecule has 7 nitrogen and oxygen atoms in total. The van der Waals surface area contributed by atoms with Gasteiger partial charge in [0.05, 0.1) is 12.8 Å². The van der Waals surface area contributed by atoms with Gasteiger partial charge in [-0.25, -0.2) is 9.48 Å². The smallest absolute Gasteiger partial charge is 0.362 e. The zero-order valence-corrected chi connectivity index (χ0v) is 9.65. The highest BCUT2D eigenvalue weighted by molar-refractivity contribution is 5.79. The summed E-state index contributed by atoms with van der Waals surface area (Å²) in [4.78, 5) is 11.8. The van der Waals surface area contributed by atoms with Gasteiger partial charge in [-0.15, -0.1) is 5.10 Å². The van der Waals surface area contributed by atoms with Gasteiger partial charge in [-0.05, 0) is 18.2 Å². The van der Waals surface area contributed by atoms with Crippen LogP contribution in [0.1, 0.15) is 5.69 Å². The first kappa shape index (κ1) is 11.4. The van der Waals surface area contributed by atoms with Gasteiger partial charge in [-0.2, -0.15) is 0 Å². The first-order chi connectivity index (χ1) is 9.17. The van der Waals surface area contributed by atoms with Gasteiger partial charge in [0.1, 0.15) is 17.0 Å². The number of aliphatic hydroxyl groups excluding tert-OH is 1. The normalized spacial score (nSPS) is 11.0. The Bertz CT molecular complexity index is 806. The van der Waals surface area contributed by atoms with E-state index in [1.54, 1.807) is 12.1 Å². The van der Waals surface area contributed by atoms with Crippen molar-refractivity contribution in [3.63, 3.8) is 0 Å². The Morgan fingerprint density at radius 3 is 2.89 bits per heavy atom. The molecule has 0 atom stereocenters. The summed E-state index contributed by atoms with van der Waals surface area (Å²) in [5, 5.41) is 26.3. The average molecular weight is 259 g/mol. The monoisotopic (exact) mass is 259 g/mol. The second kappa shape index (κ2) is 4.21. The molecule has 3 rings (SSSR count). The number of aromatic nitrogens is 3. The minimum atomic E-state index is -0.604. The summed E-state index contributed by atoms with van der Waals surface area (Å²) in [5.74, 6) is 0.0201. The largest absolute Gasteiger partial charge is 0.508 e. The molecule has 96 valence electrons. The van der Waals surface area contributed by atoms with Crippen LogP contribution in [-0.2, 0) is 6.61 Å². The summed E-state index contributed by atoms with van der Waals surface area (Å²) in [7, 11) is 0. The van der Waals surface area contributed by atoms with Crippen molar-refractivity contribution in [1.29, 1.82) is 0 Å². The van der Waals surface area contributed by atoms with Crippen molar-refractivity contribution >= 4 is 11.0 Å². The molecule has 0 aliphatic carbocycles. The van der Waals surface area contributed by atoms with Crippen LogP contribution in [0.5, 0.6) is 5.75 Å². The van der Waals surface area contributed by atoms with Crippen LogP contribution in [0, 0.1) is 0 Å². The molecule has 19 heavy (non-hydrogen) atoms. The molecule has 0 saturated heterocycles. The van der Waals surface area contributed by atoms with Gasteiger partial charge < -0.3 is 14.6 Å². The van der Waals surface area contributed by atoms with Crippen LogP contribution in [0.4, 0.5) is 0 Å². The summed E-state index contributed by atoms with van der Waals surface area (Å²) in [6, 6.07) is 6.06. The van der Waals surface area contributed by atoms with E-state index in [1.165, 1.54) is 23.0 Å². The number of hydrogen-bond donors (Lipinski definition) is 2. The third-order valence-electron chi connectivity index (χ3n) is 2.65. The summed E-state index contributed by atoms with van der Waals surface area (Å²) in [6.45, 7) is -0.257. The van der Waals surface area contributed by atoms with Crippen molar-refractivity contribution in [1.82, 2.24) is 15.0 Å². The number of fused-ring (bicyclic) bond motifs is 1. The van der Waals surface area contributed by atoms with Crippen LogP contribution >= 0.6 is 0 Å². The van der Waals surface area contributed by atoms with E-state index >= 15 is 0 Å². The maximum Gasteiger partial charge on any atom is 0.362 e. The Morgan fingerprint density at radius 1 is 1.32 bits per heavy atom. The van der Waals surface area contributed by atoms with E-state index in [0.717, 1.165) is 0 Å². The predicted octanol–water partition coefficient (Wildman–Crippen LogP) is 0.572. The number of benzene rings is 1. The fraction of sp³-hybridized carbons (Fsp3) is 0.0833. The molecule has 2 aromatic heterocycles. The lowest BCUT2D eigenvalue weighted by Crippen LogP contribution is -2.10. The summed E-state index contributed by atoms with van der Waals surface area (Å²) < 4.78 is 6.34. The lowest BCUT2D eigenvalue weighted by atomic mass is 10.2. The van der Waals surface area contributed by atoms with E-state index in [9.17, 15) is 9.90 Å². The quantitative estimate of drug-likeness (QED) is 0.652. The molecular formula is C12H9N3O4. The van der Waals surface area contributed by atoms with E-state index in [-0.39, 0.29) is 23.6 Å². The van der Waals surface area contributed by atoms with Crippen molar-refractivity contribution in [2.75, 3.05) is 0 Å². The minimum absolute atomic E-state index is 0.0201. The number of aromatic hydroxyl groups is 1. The zero-order chi connectivity index (χ0) is 13.4. The van der Waals surface area contributed by atoms with Crippen molar-refractivity contribution in [2.45, 2.75) is 6.61 Å². The fourth-order valence-electron chi connectivity index (χ4n) is 1.74. The summed E-state index contributed by atoms with van der Waals surface area (Å²) >= 11 is 0. The van der Waals surface area contributed by atoms with Crippen LogP contribution in [-0.4, -0.2) is 25.2 Å². The Balaban J connectivity index is 2.21. The van der Waals surface area contributed by atoms with Gasteiger partial charge >= 0.3 is 5.63 Å². The zero-order valence-electron chi connectivity index (χ0n) is 9.65. The highest BCUT2D eigenvalue weighted by atomic mass is 16.4. The van der Waals surface area contributed by atoms with Crippen LogP contribution in [0.3, 0.4) is 0 Å². The van der Waals surface area contributed by atoms with Gasteiger partial charge in [0.15, 0.2) is 5.69 Å². The van der Waals surface area contributed by atoms with Crippen molar-refractivity contribution in [3.05, 3.63) is 46.6 Å². The second-order valence-corrected chi connectivity index (χ2v) is 3.95. The molecule has 3 aromatic rings. The SMILES string of the molecule is O=c1oc2cc(O)ccc2cc1-n1cc(CO)nn1. The van der Waals surface area contributed by atoms with Crippen molar-refractivity contribution < 1.29 is 14.6 Å². The molecule has 0 radical (unpaired) electrons. The molecule has 0 amide bonds. The Labute approximate surface area is 106 Å². The molecule has 0 spiro atoms. The van der Waals surface area contributed by atoms with Crippen LogP contribution in [0.15, 0.2) is 39.7 Å².